The number of carbonyl (C=O) groups is 1. The van der Waals surface area contributed by atoms with Gasteiger partial charge in [0, 0.05) is 6.54 Å². The fraction of sp³-hybridized carbons (Fsp3) is 0.273. The van der Waals surface area contributed by atoms with Crippen LogP contribution in [0.2, 0.25) is 0 Å². The highest BCUT2D eigenvalue weighted by Crippen LogP contribution is 1.96. The van der Waals surface area contributed by atoms with E-state index in [1.54, 1.807) is 30.3 Å². The standard InChI is InChI=1S/C7H6O2.C4H7N/c8-7(9)6-4-2-1-3-5-6;1-2-4-5-3-1/h1-5H,(H,8,9);3H,1-2,4H2. The third-order valence-corrected chi connectivity index (χ3v) is 1.77. The average molecular weight is 191 g/mol. The van der Waals surface area contributed by atoms with Crippen molar-refractivity contribution in [1.29, 1.82) is 0 Å². The van der Waals surface area contributed by atoms with E-state index in [0.717, 1.165) is 6.54 Å². The summed E-state index contributed by atoms with van der Waals surface area (Å²) in [6.07, 6.45) is 4.47. The van der Waals surface area contributed by atoms with Crippen LogP contribution in [-0.2, 0) is 0 Å². The zero-order valence-electron chi connectivity index (χ0n) is 7.89. The molecule has 0 atom stereocenters. The van der Waals surface area contributed by atoms with E-state index >= 15 is 0 Å². The molecule has 0 aromatic heterocycles. The highest BCUT2D eigenvalue weighted by molar-refractivity contribution is 5.87. The van der Waals surface area contributed by atoms with Crippen molar-refractivity contribution < 1.29 is 9.90 Å². The molecular weight excluding hydrogens is 178 g/mol. The number of aliphatic imine (C=N–C) groups is 1. The molecule has 1 heterocycles. The van der Waals surface area contributed by atoms with Crippen LogP contribution >= 0.6 is 0 Å². The number of nitrogens with zero attached hydrogens (tertiary/aromatic N) is 1. The van der Waals surface area contributed by atoms with Crippen LogP contribution < -0.4 is 0 Å². The molecule has 14 heavy (non-hydrogen) atoms. The lowest BCUT2D eigenvalue weighted by atomic mass is 10.2. The van der Waals surface area contributed by atoms with Gasteiger partial charge in [-0.1, -0.05) is 18.2 Å². The van der Waals surface area contributed by atoms with Crippen LogP contribution in [0.1, 0.15) is 23.2 Å². The van der Waals surface area contributed by atoms with Gasteiger partial charge in [0.05, 0.1) is 5.56 Å². The molecule has 0 bridgehead atoms. The Kier molecular flexibility index (Phi) is 4.41. The Morgan fingerprint density at radius 1 is 1.29 bits per heavy atom. The van der Waals surface area contributed by atoms with Crippen molar-refractivity contribution in [1.82, 2.24) is 0 Å². The summed E-state index contributed by atoms with van der Waals surface area (Å²) in [4.78, 5) is 14.2. The second kappa shape index (κ2) is 5.91. The first-order valence-corrected chi connectivity index (χ1v) is 4.57. The number of hydrogen-bond acceptors (Lipinski definition) is 2. The molecule has 1 aliphatic rings. The normalized spacial score (nSPS) is 13.1. The van der Waals surface area contributed by atoms with E-state index in [4.69, 9.17) is 5.11 Å². The lowest BCUT2D eigenvalue weighted by Crippen LogP contribution is -1.93. The van der Waals surface area contributed by atoms with E-state index in [9.17, 15) is 4.79 Å². The minimum Gasteiger partial charge on any atom is -0.478 e. The van der Waals surface area contributed by atoms with Crippen LogP contribution in [0.15, 0.2) is 35.3 Å². The Labute approximate surface area is 83.1 Å². The lowest BCUT2D eigenvalue weighted by molar-refractivity contribution is 0.0697. The maximum Gasteiger partial charge on any atom is 0.335 e. The van der Waals surface area contributed by atoms with Crippen molar-refractivity contribution in [2.24, 2.45) is 4.99 Å². The Morgan fingerprint density at radius 2 is 2.00 bits per heavy atom. The molecule has 0 unspecified atom stereocenters. The van der Waals surface area contributed by atoms with Gasteiger partial charge >= 0.3 is 5.97 Å². The van der Waals surface area contributed by atoms with Gasteiger partial charge in [0.2, 0.25) is 0 Å². The van der Waals surface area contributed by atoms with Gasteiger partial charge in [-0.3, -0.25) is 4.99 Å². The second-order valence-corrected chi connectivity index (χ2v) is 2.90. The number of carboxylic acids is 1. The molecule has 0 spiro atoms. The van der Waals surface area contributed by atoms with Gasteiger partial charge in [-0.15, -0.1) is 0 Å². The lowest BCUT2D eigenvalue weighted by Gasteiger charge is -1.88. The molecule has 3 heteroatoms. The molecule has 0 aliphatic carbocycles. The summed E-state index contributed by atoms with van der Waals surface area (Å²) >= 11 is 0. The summed E-state index contributed by atoms with van der Waals surface area (Å²) < 4.78 is 0. The second-order valence-electron chi connectivity index (χ2n) is 2.90. The summed E-state index contributed by atoms with van der Waals surface area (Å²) in [5.74, 6) is -0.879. The monoisotopic (exact) mass is 191 g/mol. The maximum atomic E-state index is 10.2. The molecule has 0 saturated carbocycles. The Bertz CT molecular complexity index is 300. The fourth-order valence-corrected chi connectivity index (χ4v) is 1.04. The van der Waals surface area contributed by atoms with E-state index in [2.05, 4.69) is 4.99 Å². The highest BCUT2D eigenvalue weighted by Gasteiger charge is 1.96. The van der Waals surface area contributed by atoms with Crippen molar-refractivity contribution in [3.8, 4) is 0 Å². The molecule has 0 saturated heterocycles. The topological polar surface area (TPSA) is 49.7 Å². The molecule has 2 rings (SSSR count). The number of hydrogen-bond donors (Lipinski definition) is 1. The molecule has 1 aliphatic heterocycles. The van der Waals surface area contributed by atoms with Crippen molar-refractivity contribution in [2.75, 3.05) is 6.54 Å². The van der Waals surface area contributed by atoms with Crippen LogP contribution in [0, 0.1) is 0 Å². The largest absolute Gasteiger partial charge is 0.478 e. The van der Waals surface area contributed by atoms with Gasteiger partial charge in [0.1, 0.15) is 0 Å². The van der Waals surface area contributed by atoms with E-state index in [0.29, 0.717) is 5.56 Å². The Morgan fingerprint density at radius 3 is 2.29 bits per heavy atom. The molecule has 3 nitrogen and oxygen atoms in total. The highest BCUT2D eigenvalue weighted by atomic mass is 16.4. The van der Waals surface area contributed by atoms with Crippen molar-refractivity contribution in [2.45, 2.75) is 12.8 Å². The maximum absolute atomic E-state index is 10.2. The quantitative estimate of drug-likeness (QED) is 0.740. The van der Waals surface area contributed by atoms with Crippen LogP contribution in [0.4, 0.5) is 0 Å². The number of carboxylic acid groups (broad SMARTS) is 1. The first kappa shape index (κ1) is 10.4. The van der Waals surface area contributed by atoms with Gasteiger partial charge in [0.15, 0.2) is 0 Å². The van der Waals surface area contributed by atoms with Gasteiger partial charge in [0.25, 0.3) is 0 Å². The third kappa shape index (κ3) is 3.85. The summed E-state index contributed by atoms with van der Waals surface area (Å²) in [5, 5.41) is 8.38. The molecule has 0 amide bonds. The molecule has 74 valence electrons. The first-order valence-electron chi connectivity index (χ1n) is 4.57. The van der Waals surface area contributed by atoms with E-state index in [1.807, 2.05) is 6.21 Å². The third-order valence-electron chi connectivity index (χ3n) is 1.77. The Balaban J connectivity index is 0.000000165. The van der Waals surface area contributed by atoms with Crippen LogP contribution in [0.3, 0.4) is 0 Å². The van der Waals surface area contributed by atoms with E-state index < -0.39 is 5.97 Å². The van der Waals surface area contributed by atoms with E-state index in [-0.39, 0.29) is 0 Å². The van der Waals surface area contributed by atoms with Crippen LogP contribution in [0.25, 0.3) is 0 Å². The van der Waals surface area contributed by atoms with Gasteiger partial charge in [-0.25, -0.2) is 4.79 Å². The predicted molar refractivity (Wildman–Crippen MR) is 56.0 cm³/mol. The summed E-state index contributed by atoms with van der Waals surface area (Å²) in [5.41, 5.74) is 0.331. The zero-order valence-corrected chi connectivity index (χ0v) is 7.89. The smallest absolute Gasteiger partial charge is 0.335 e. The molecular formula is C11H13NO2. The molecule has 1 N–H and O–H groups in total. The minimum absolute atomic E-state index is 0.331. The predicted octanol–water partition coefficient (Wildman–Crippen LogP) is 2.24. The van der Waals surface area contributed by atoms with Crippen LogP contribution in [0.5, 0.6) is 0 Å². The molecule has 1 aromatic carbocycles. The summed E-state index contributed by atoms with van der Waals surface area (Å²) in [6.45, 7) is 1.07. The van der Waals surface area contributed by atoms with Crippen LogP contribution in [-0.4, -0.2) is 23.8 Å². The van der Waals surface area contributed by atoms with Crippen molar-refractivity contribution >= 4 is 12.2 Å². The molecule has 0 fully saturated rings. The molecule has 0 radical (unpaired) electrons. The van der Waals surface area contributed by atoms with Crippen molar-refractivity contribution in [3.05, 3.63) is 35.9 Å². The number of rotatable bonds is 1. The fourth-order valence-electron chi connectivity index (χ4n) is 1.04. The van der Waals surface area contributed by atoms with Gasteiger partial charge in [-0.2, -0.15) is 0 Å². The summed E-state index contributed by atoms with van der Waals surface area (Å²) in [6, 6.07) is 8.30. The van der Waals surface area contributed by atoms with Gasteiger partial charge < -0.3 is 5.11 Å². The molecule has 1 aromatic rings. The Hall–Kier alpha value is -1.64. The van der Waals surface area contributed by atoms with E-state index in [1.165, 1.54) is 12.8 Å². The minimum atomic E-state index is -0.879. The average Bonchev–Trinajstić information content (AvgIpc) is 2.77. The number of benzene rings is 1. The van der Waals surface area contributed by atoms with Gasteiger partial charge in [-0.05, 0) is 31.2 Å². The first-order chi connectivity index (χ1) is 6.80. The SMILES string of the molecule is C1=NCCC1.O=C(O)c1ccccc1. The zero-order chi connectivity index (χ0) is 10.2. The van der Waals surface area contributed by atoms with Crippen molar-refractivity contribution in [3.63, 3.8) is 0 Å². The number of aromatic carboxylic acids is 1. The summed E-state index contributed by atoms with van der Waals surface area (Å²) in [7, 11) is 0.